The summed E-state index contributed by atoms with van der Waals surface area (Å²) in [4.78, 5) is 0. The maximum Gasteiger partial charge on any atom is 0.156 e. The lowest BCUT2D eigenvalue weighted by molar-refractivity contribution is 0.0707. The summed E-state index contributed by atoms with van der Waals surface area (Å²) < 4.78 is 28.4. The van der Waals surface area contributed by atoms with Crippen LogP contribution in [0.3, 0.4) is 0 Å². The average Bonchev–Trinajstić information content (AvgIpc) is 2.54. The smallest absolute Gasteiger partial charge is 0.156 e. The molecule has 1 aliphatic rings. The maximum absolute atomic E-state index is 11.4. The zero-order valence-corrected chi connectivity index (χ0v) is 11.7. The lowest BCUT2D eigenvalue weighted by Crippen LogP contribution is -2.30. The topological polar surface area (TPSA) is 83.8 Å². The Morgan fingerprint density at radius 1 is 1.37 bits per heavy atom. The summed E-state index contributed by atoms with van der Waals surface area (Å²) in [5, 5.41) is 19.4. The lowest BCUT2D eigenvalue weighted by atomic mass is 10.1. The van der Waals surface area contributed by atoms with Crippen molar-refractivity contribution in [2.24, 2.45) is 0 Å². The summed E-state index contributed by atoms with van der Waals surface area (Å²) in [5.41, 5.74) is 1.57. The highest BCUT2D eigenvalue weighted by atomic mass is 32.2. The Kier molecular flexibility index (Phi) is 3.85. The highest BCUT2D eigenvalue weighted by Gasteiger charge is 2.38. The minimum absolute atomic E-state index is 0.193. The number of aliphatic hydroxyl groups excluding tert-OH is 2. The molecule has 1 aromatic rings. The number of rotatable bonds is 3. The van der Waals surface area contributed by atoms with E-state index in [0.717, 1.165) is 5.56 Å². The first-order chi connectivity index (χ1) is 8.78. The lowest BCUT2D eigenvalue weighted by Gasteiger charge is -2.19. The van der Waals surface area contributed by atoms with Crippen LogP contribution < -0.4 is 4.74 Å². The molecule has 6 heteroatoms. The van der Waals surface area contributed by atoms with E-state index in [0.29, 0.717) is 11.3 Å². The van der Waals surface area contributed by atoms with Gasteiger partial charge in [-0.2, -0.15) is 0 Å². The number of aryl methyl sites for hydroxylation is 1. The first-order valence-electron chi connectivity index (χ1n) is 6.12. The Morgan fingerprint density at radius 3 is 2.58 bits per heavy atom. The number of hydrogen-bond donors (Lipinski definition) is 2. The van der Waals surface area contributed by atoms with Crippen LogP contribution in [0.5, 0.6) is 5.75 Å². The molecule has 0 aromatic heterocycles. The van der Waals surface area contributed by atoms with Crippen molar-refractivity contribution >= 4 is 9.84 Å². The number of hydrogen-bond acceptors (Lipinski definition) is 5. The van der Waals surface area contributed by atoms with Crippen molar-refractivity contribution in [1.82, 2.24) is 0 Å². The molecule has 0 amide bonds. The van der Waals surface area contributed by atoms with E-state index < -0.39 is 28.1 Å². The van der Waals surface area contributed by atoms with E-state index in [4.69, 9.17) is 4.74 Å². The molecule has 2 N–H and O–H groups in total. The Bertz CT molecular complexity index is 564. The minimum atomic E-state index is -3.24. The van der Waals surface area contributed by atoms with Gasteiger partial charge in [0.25, 0.3) is 0 Å². The van der Waals surface area contributed by atoms with Gasteiger partial charge in [-0.05, 0) is 26.0 Å². The molecule has 0 saturated carbocycles. The molecule has 2 unspecified atom stereocenters. The number of benzene rings is 1. The van der Waals surface area contributed by atoms with Gasteiger partial charge in [0.2, 0.25) is 0 Å². The largest absolute Gasteiger partial charge is 0.486 e. The molecule has 2 rings (SSSR count). The number of sulfone groups is 1. The zero-order valence-electron chi connectivity index (χ0n) is 10.9. The van der Waals surface area contributed by atoms with Crippen LogP contribution in [0.15, 0.2) is 18.2 Å². The molecule has 0 spiro atoms. The van der Waals surface area contributed by atoms with Gasteiger partial charge in [-0.3, -0.25) is 0 Å². The number of aliphatic hydroxyl groups is 2. The van der Waals surface area contributed by atoms with Crippen LogP contribution in [0.4, 0.5) is 0 Å². The molecule has 1 saturated heterocycles. The molecule has 1 fully saturated rings. The first kappa shape index (κ1) is 14.3. The second-order valence-corrected chi connectivity index (χ2v) is 7.17. The molecule has 0 aliphatic carbocycles. The molecule has 5 nitrogen and oxygen atoms in total. The highest BCUT2D eigenvalue weighted by molar-refractivity contribution is 7.91. The molecule has 106 valence electrons. The Morgan fingerprint density at radius 2 is 2.05 bits per heavy atom. The van der Waals surface area contributed by atoms with Gasteiger partial charge in [0.1, 0.15) is 18.0 Å². The van der Waals surface area contributed by atoms with Crippen molar-refractivity contribution in [3.63, 3.8) is 0 Å². The summed E-state index contributed by atoms with van der Waals surface area (Å²) in [7, 11) is -3.24. The summed E-state index contributed by atoms with van der Waals surface area (Å²) in [6.45, 7) is 3.51. The van der Waals surface area contributed by atoms with Crippen molar-refractivity contribution in [2.75, 3.05) is 11.5 Å². The van der Waals surface area contributed by atoms with Crippen LogP contribution in [0.1, 0.15) is 24.2 Å². The van der Waals surface area contributed by atoms with Gasteiger partial charge in [-0.25, -0.2) is 8.42 Å². The molecule has 0 radical (unpaired) electrons. The van der Waals surface area contributed by atoms with E-state index in [2.05, 4.69) is 0 Å². The van der Waals surface area contributed by atoms with Gasteiger partial charge < -0.3 is 14.9 Å². The maximum atomic E-state index is 11.4. The quantitative estimate of drug-likeness (QED) is 0.849. The third-order valence-corrected chi connectivity index (χ3v) is 4.85. The third-order valence-electron chi connectivity index (χ3n) is 3.17. The Hall–Kier alpha value is -1.11. The van der Waals surface area contributed by atoms with Crippen molar-refractivity contribution < 1.29 is 23.4 Å². The molecule has 0 bridgehead atoms. The molecule has 3 atom stereocenters. The molecule has 1 aliphatic heterocycles. The van der Waals surface area contributed by atoms with Gasteiger partial charge in [-0.15, -0.1) is 0 Å². The van der Waals surface area contributed by atoms with E-state index in [1.807, 2.05) is 13.0 Å². The third kappa shape index (κ3) is 3.26. The van der Waals surface area contributed by atoms with Crippen molar-refractivity contribution in [3.05, 3.63) is 29.3 Å². The van der Waals surface area contributed by atoms with Crippen molar-refractivity contribution in [2.45, 2.75) is 32.2 Å². The predicted molar refractivity (Wildman–Crippen MR) is 70.9 cm³/mol. The summed E-state index contributed by atoms with van der Waals surface area (Å²) >= 11 is 0. The van der Waals surface area contributed by atoms with E-state index in [1.165, 1.54) is 0 Å². The fourth-order valence-electron chi connectivity index (χ4n) is 2.17. The second-order valence-electron chi connectivity index (χ2n) is 5.02. The summed E-state index contributed by atoms with van der Waals surface area (Å²) in [6, 6.07) is 5.29. The number of ether oxygens (including phenoxy) is 1. The first-order valence-corrected chi connectivity index (χ1v) is 7.94. The second kappa shape index (κ2) is 5.11. The fraction of sp³-hybridized carbons (Fsp3) is 0.538. The van der Waals surface area contributed by atoms with Crippen LogP contribution in [-0.4, -0.2) is 42.3 Å². The molecular formula is C13H18O5S. The molecule has 19 heavy (non-hydrogen) atoms. The molecular weight excluding hydrogens is 268 g/mol. The van der Waals surface area contributed by atoms with E-state index >= 15 is 0 Å². The van der Waals surface area contributed by atoms with Crippen LogP contribution in [0.25, 0.3) is 0 Å². The highest BCUT2D eigenvalue weighted by Crippen LogP contribution is 2.29. The summed E-state index contributed by atoms with van der Waals surface area (Å²) in [5.74, 6) is -0.0452. The van der Waals surface area contributed by atoms with Gasteiger partial charge in [0.15, 0.2) is 9.84 Å². The van der Waals surface area contributed by atoms with Crippen LogP contribution in [0, 0.1) is 6.92 Å². The van der Waals surface area contributed by atoms with Crippen molar-refractivity contribution in [3.8, 4) is 5.75 Å². The van der Waals surface area contributed by atoms with Gasteiger partial charge >= 0.3 is 0 Å². The fourth-order valence-corrected chi connectivity index (χ4v) is 3.84. The van der Waals surface area contributed by atoms with Crippen molar-refractivity contribution in [1.29, 1.82) is 0 Å². The van der Waals surface area contributed by atoms with Gasteiger partial charge in [-0.1, -0.05) is 11.6 Å². The van der Waals surface area contributed by atoms with E-state index in [-0.39, 0.29) is 11.5 Å². The van der Waals surface area contributed by atoms with Gasteiger partial charge in [0, 0.05) is 5.56 Å². The molecule has 1 aromatic carbocycles. The Labute approximate surface area is 112 Å². The molecule has 1 heterocycles. The standard InChI is InChI=1S/C13H18O5S/c1-8-3-4-12(10(5-8)9(2)14)18-13-7-19(16,17)6-11(13)15/h3-5,9,11,13-15H,6-7H2,1-2H3/t9-,11?,13?/m0/s1. The SMILES string of the molecule is Cc1ccc(OC2CS(=O)(=O)CC2O)c([C@H](C)O)c1. The Balaban J connectivity index is 2.25. The van der Waals surface area contributed by atoms with E-state index in [9.17, 15) is 18.6 Å². The monoisotopic (exact) mass is 286 g/mol. The van der Waals surface area contributed by atoms with Crippen LogP contribution in [0.2, 0.25) is 0 Å². The minimum Gasteiger partial charge on any atom is -0.486 e. The van der Waals surface area contributed by atoms with Crippen LogP contribution in [-0.2, 0) is 9.84 Å². The normalized spacial score (nSPS) is 27.2. The zero-order chi connectivity index (χ0) is 14.2. The average molecular weight is 286 g/mol. The van der Waals surface area contributed by atoms with Gasteiger partial charge in [0.05, 0.1) is 17.6 Å². The predicted octanol–water partition coefficient (Wildman–Crippen LogP) is 0.585. The van der Waals surface area contributed by atoms with Crippen LogP contribution >= 0.6 is 0 Å². The summed E-state index contributed by atoms with van der Waals surface area (Å²) in [6.07, 6.45) is -2.51. The van der Waals surface area contributed by atoms with E-state index in [1.54, 1.807) is 19.1 Å².